The summed E-state index contributed by atoms with van der Waals surface area (Å²) in [6.07, 6.45) is 0.676. The van der Waals surface area contributed by atoms with Crippen LogP contribution in [0.2, 0.25) is 0 Å². The van der Waals surface area contributed by atoms with E-state index in [1.807, 2.05) is 41.1 Å². The SMILES string of the molecule is NS(=O)(=O)c1ccccc1S(=O)(=O)NC(=O)c1ccc2[nH]c(Cc3ccccc3)cc2c1. The second kappa shape index (κ2) is 8.23. The lowest BCUT2D eigenvalue weighted by molar-refractivity contribution is 0.0981. The van der Waals surface area contributed by atoms with Gasteiger partial charge in [-0.15, -0.1) is 0 Å². The van der Waals surface area contributed by atoms with E-state index in [9.17, 15) is 21.6 Å². The van der Waals surface area contributed by atoms with Gasteiger partial charge in [-0.25, -0.2) is 26.7 Å². The van der Waals surface area contributed by atoms with Crippen LogP contribution in [-0.2, 0) is 26.5 Å². The van der Waals surface area contributed by atoms with Crippen molar-refractivity contribution in [1.29, 1.82) is 0 Å². The van der Waals surface area contributed by atoms with Gasteiger partial charge < -0.3 is 4.98 Å². The molecule has 164 valence electrons. The van der Waals surface area contributed by atoms with Gasteiger partial charge >= 0.3 is 0 Å². The van der Waals surface area contributed by atoms with Crippen molar-refractivity contribution < 1.29 is 21.6 Å². The number of amides is 1. The number of carbonyl (C=O) groups is 1. The molecule has 0 radical (unpaired) electrons. The van der Waals surface area contributed by atoms with Crippen LogP contribution in [0.15, 0.2) is 88.7 Å². The van der Waals surface area contributed by atoms with Crippen molar-refractivity contribution >= 4 is 36.9 Å². The third-order valence-electron chi connectivity index (χ3n) is 4.85. The minimum atomic E-state index is -4.48. The van der Waals surface area contributed by atoms with Crippen LogP contribution in [0.25, 0.3) is 10.9 Å². The van der Waals surface area contributed by atoms with Crippen LogP contribution >= 0.6 is 0 Å². The number of aromatic nitrogens is 1. The van der Waals surface area contributed by atoms with Crippen molar-refractivity contribution in [2.24, 2.45) is 5.14 Å². The van der Waals surface area contributed by atoms with Gasteiger partial charge in [-0.1, -0.05) is 42.5 Å². The highest BCUT2D eigenvalue weighted by molar-refractivity contribution is 7.92. The van der Waals surface area contributed by atoms with Gasteiger partial charge in [-0.05, 0) is 42.0 Å². The summed E-state index contributed by atoms with van der Waals surface area (Å²) in [5, 5.41) is 5.85. The summed E-state index contributed by atoms with van der Waals surface area (Å²) in [6, 6.07) is 21.3. The van der Waals surface area contributed by atoms with Crippen LogP contribution in [0.1, 0.15) is 21.6 Å². The summed E-state index contributed by atoms with van der Waals surface area (Å²) < 4.78 is 50.8. The van der Waals surface area contributed by atoms with Crippen molar-refractivity contribution in [3.05, 3.63) is 95.7 Å². The summed E-state index contributed by atoms with van der Waals surface area (Å²) in [4.78, 5) is 14.7. The summed E-state index contributed by atoms with van der Waals surface area (Å²) in [6.45, 7) is 0. The molecule has 1 aromatic heterocycles. The molecule has 8 nitrogen and oxygen atoms in total. The number of nitrogens with one attached hydrogen (secondary N) is 2. The number of benzene rings is 3. The molecule has 0 aliphatic heterocycles. The molecule has 0 saturated heterocycles. The first-order valence-corrected chi connectivity index (χ1v) is 12.5. The number of carbonyl (C=O) groups excluding carboxylic acids is 1. The van der Waals surface area contributed by atoms with Crippen LogP contribution in [0.3, 0.4) is 0 Å². The highest BCUT2D eigenvalue weighted by Crippen LogP contribution is 2.22. The predicted octanol–water partition coefficient (Wildman–Crippen LogP) is 2.52. The summed E-state index contributed by atoms with van der Waals surface area (Å²) in [7, 11) is -8.78. The van der Waals surface area contributed by atoms with Gasteiger partial charge in [0.05, 0.1) is 0 Å². The molecule has 0 unspecified atom stereocenters. The largest absolute Gasteiger partial charge is 0.358 e. The molecule has 0 bridgehead atoms. The van der Waals surface area contributed by atoms with Gasteiger partial charge in [0, 0.05) is 28.6 Å². The maximum absolute atomic E-state index is 12.7. The molecule has 0 atom stereocenters. The molecule has 0 spiro atoms. The predicted molar refractivity (Wildman–Crippen MR) is 120 cm³/mol. The van der Waals surface area contributed by atoms with Crippen molar-refractivity contribution in [2.75, 3.05) is 0 Å². The molecule has 4 aromatic rings. The fraction of sp³-hybridized carbons (Fsp3) is 0.0455. The van der Waals surface area contributed by atoms with E-state index in [4.69, 9.17) is 5.14 Å². The van der Waals surface area contributed by atoms with Gasteiger partial charge in [0.1, 0.15) is 9.79 Å². The first-order chi connectivity index (χ1) is 15.1. The normalized spacial score (nSPS) is 12.0. The number of sulfonamides is 2. The van der Waals surface area contributed by atoms with Crippen LogP contribution in [0, 0.1) is 0 Å². The molecule has 4 rings (SSSR count). The number of hydrogen-bond donors (Lipinski definition) is 3. The first-order valence-electron chi connectivity index (χ1n) is 9.48. The molecule has 1 amide bonds. The highest BCUT2D eigenvalue weighted by atomic mass is 32.2. The third kappa shape index (κ3) is 4.57. The minimum absolute atomic E-state index is 0.111. The van der Waals surface area contributed by atoms with Gasteiger partial charge in [-0.3, -0.25) is 4.79 Å². The molecular weight excluding hydrogens is 450 g/mol. The monoisotopic (exact) mass is 469 g/mol. The molecule has 4 N–H and O–H groups in total. The Morgan fingerprint density at radius 3 is 2.19 bits per heavy atom. The zero-order valence-electron chi connectivity index (χ0n) is 16.6. The maximum atomic E-state index is 12.7. The van der Waals surface area contributed by atoms with Crippen LogP contribution in [0.5, 0.6) is 0 Å². The van der Waals surface area contributed by atoms with E-state index in [0.29, 0.717) is 6.42 Å². The second-order valence-corrected chi connectivity index (χ2v) is 10.4. The lowest BCUT2D eigenvalue weighted by Gasteiger charge is -2.10. The van der Waals surface area contributed by atoms with Crippen LogP contribution in [0.4, 0.5) is 0 Å². The van der Waals surface area contributed by atoms with E-state index in [0.717, 1.165) is 34.3 Å². The molecule has 3 aromatic carbocycles. The minimum Gasteiger partial charge on any atom is -0.358 e. The molecule has 1 heterocycles. The number of nitrogens with two attached hydrogens (primary N) is 1. The zero-order chi connectivity index (χ0) is 22.9. The topological polar surface area (TPSA) is 139 Å². The number of primary sulfonamides is 1. The summed E-state index contributed by atoms with van der Waals surface area (Å²) in [5.74, 6) is -0.887. The number of hydrogen-bond acceptors (Lipinski definition) is 5. The van der Waals surface area contributed by atoms with E-state index < -0.39 is 35.7 Å². The summed E-state index contributed by atoms with van der Waals surface area (Å²) >= 11 is 0. The zero-order valence-corrected chi connectivity index (χ0v) is 18.3. The summed E-state index contributed by atoms with van der Waals surface area (Å²) in [5.41, 5.74) is 2.98. The van der Waals surface area contributed by atoms with Crippen molar-refractivity contribution in [3.63, 3.8) is 0 Å². The van der Waals surface area contributed by atoms with E-state index in [1.54, 1.807) is 12.1 Å². The number of rotatable bonds is 6. The fourth-order valence-corrected chi connectivity index (χ4v) is 5.74. The second-order valence-electron chi connectivity index (χ2n) is 7.19. The van der Waals surface area contributed by atoms with E-state index >= 15 is 0 Å². The van der Waals surface area contributed by atoms with E-state index in [-0.39, 0.29) is 5.56 Å². The van der Waals surface area contributed by atoms with Crippen molar-refractivity contribution in [2.45, 2.75) is 16.2 Å². The number of fused-ring (bicyclic) bond motifs is 1. The Balaban J connectivity index is 1.60. The standard InChI is InChI=1S/C22H19N3O5S2/c23-31(27,28)20-8-4-5-9-21(20)32(29,30)25-22(26)16-10-11-19-17(13-16)14-18(24-19)12-15-6-2-1-3-7-15/h1-11,13-14,24H,12H2,(H,25,26)(H2,23,27,28). The Bertz CT molecular complexity index is 1530. The third-order valence-corrected chi connectivity index (χ3v) is 7.34. The van der Waals surface area contributed by atoms with Gasteiger partial charge in [0.25, 0.3) is 15.9 Å². The maximum Gasteiger partial charge on any atom is 0.265 e. The Morgan fingerprint density at radius 1 is 0.844 bits per heavy atom. The van der Waals surface area contributed by atoms with Gasteiger partial charge in [0.15, 0.2) is 0 Å². The fourth-order valence-electron chi connectivity index (χ4n) is 3.39. The molecule has 32 heavy (non-hydrogen) atoms. The Labute approximate surface area is 185 Å². The van der Waals surface area contributed by atoms with Crippen LogP contribution in [-0.4, -0.2) is 27.7 Å². The molecule has 0 aliphatic carbocycles. The molecule has 0 aliphatic rings. The van der Waals surface area contributed by atoms with Crippen molar-refractivity contribution in [1.82, 2.24) is 9.71 Å². The van der Waals surface area contributed by atoms with Crippen LogP contribution < -0.4 is 9.86 Å². The molecule has 10 heteroatoms. The molecule has 0 fully saturated rings. The van der Waals surface area contributed by atoms with E-state index in [1.165, 1.54) is 18.2 Å². The number of H-pyrrole nitrogens is 1. The lowest BCUT2D eigenvalue weighted by atomic mass is 10.1. The highest BCUT2D eigenvalue weighted by Gasteiger charge is 2.26. The van der Waals surface area contributed by atoms with Crippen molar-refractivity contribution in [3.8, 4) is 0 Å². The average molecular weight is 470 g/mol. The molecular formula is C22H19N3O5S2. The van der Waals surface area contributed by atoms with E-state index in [2.05, 4.69) is 4.98 Å². The van der Waals surface area contributed by atoms with Gasteiger partial charge in [-0.2, -0.15) is 0 Å². The van der Waals surface area contributed by atoms with Gasteiger partial charge in [0.2, 0.25) is 10.0 Å². The first kappa shape index (κ1) is 21.8. The Kier molecular flexibility index (Phi) is 5.59. The Hall–Kier alpha value is -3.47. The number of aromatic amines is 1. The Morgan fingerprint density at radius 2 is 1.50 bits per heavy atom. The smallest absolute Gasteiger partial charge is 0.265 e. The average Bonchev–Trinajstić information content (AvgIpc) is 3.15. The molecule has 0 saturated carbocycles. The lowest BCUT2D eigenvalue weighted by Crippen LogP contribution is -2.32. The quantitative estimate of drug-likeness (QED) is 0.398.